The lowest BCUT2D eigenvalue weighted by Gasteiger charge is -2.16. The molecule has 0 unspecified atom stereocenters. The molecule has 5 heteroatoms. The van der Waals surface area contributed by atoms with Gasteiger partial charge in [0.05, 0.1) is 5.52 Å². The zero-order valence-electron chi connectivity index (χ0n) is 20.2. The molecule has 0 saturated carbocycles. The molecule has 1 aromatic heterocycles. The number of unbranched alkanes of at least 4 members (excludes halogenated alkanes) is 5. The van der Waals surface area contributed by atoms with Crippen LogP contribution in [0.25, 0.3) is 10.9 Å². The van der Waals surface area contributed by atoms with Crippen molar-refractivity contribution in [1.82, 2.24) is 4.57 Å². The highest BCUT2D eigenvalue weighted by Crippen LogP contribution is 2.33. The predicted octanol–water partition coefficient (Wildman–Crippen LogP) is 6.72. The summed E-state index contributed by atoms with van der Waals surface area (Å²) in [5.41, 5.74) is 9.41. The first-order valence-corrected chi connectivity index (χ1v) is 11.9. The molecular weight excluding hydrogens is 400 g/mol. The number of aromatic hydroxyl groups is 1. The van der Waals surface area contributed by atoms with Crippen molar-refractivity contribution in [3.05, 3.63) is 51.9 Å². The van der Waals surface area contributed by atoms with Gasteiger partial charge in [0.25, 0.3) is 5.56 Å². The smallest absolute Gasteiger partial charge is 0.297 e. The minimum Gasteiger partial charge on any atom is -0.500 e. The summed E-state index contributed by atoms with van der Waals surface area (Å²) in [4.78, 5) is 13.0. The first-order chi connectivity index (χ1) is 15.3. The van der Waals surface area contributed by atoms with E-state index >= 15 is 0 Å². The fraction of sp³-hybridized carbons (Fsp3) is 0.519. The van der Waals surface area contributed by atoms with Gasteiger partial charge in [0.15, 0.2) is 5.75 Å². The van der Waals surface area contributed by atoms with Gasteiger partial charge in [-0.3, -0.25) is 4.79 Å². The van der Waals surface area contributed by atoms with E-state index in [1.807, 2.05) is 12.1 Å². The summed E-state index contributed by atoms with van der Waals surface area (Å²) < 4.78 is 7.53. The van der Waals surface area contributed by atoms with Gasteiger partial charge in [0.1, 0.15) is 6.61 Å². The number of hydrogen-bond acceptors (Lipinski definition) is 4. The number of fused-ring (bicyclic) bond motifs is 1. The van der Waals surface area contributed by atoms with E-state index in [4.69, 9.17) is 10.5 Å². The molecule has 0 saturated heterocycles. The molecule has 0 atom stereocenters. The van der Waals surface area contributed by atoms with Crippen molar-refractivity contribution in [2.24, 2.45) is 0 Å². The summed E-state index contributed by atoms with van der Waals surface area (Å²) >= 11 is 0. The predicted molar refractivity (Wildman–Crippen MR) is 136 cm³/mol. The topological polar surface area (TPSA) is 77.5 Å². The molecule has 0 fully saturated rings. The zero-order chi connectivity index (χ0) is 23.5. The van der Waals surface area contributed by atoms with Crippen LogP contribution in [0, 0.1) is 0 Å². The normalized spacial score (nSPS) is 11.7. The number of nitrogen functional groups attached to an aromatic ring is 1. The quantitative estimate of drug-likeness (QED) is 0.206. The van der Waals surface area contributed by atoms with Crippen LogP contribution < -0.4 is 16.0 Å². The number of allylic oxidation sites excluding steroid dienone is 3. The summed E-state index contributed by atoms with van der Waals surface area (Å²) in [7, 11) is 0. The van der Waals surface area contributed by atoms with Crippen LogP contribution in [0.4, 0.5) is 5.69 Å². The number of aromatic nitrogens is 1. The number of anilines is 1. The molecule has 1 aromatic carbocycles. The average Bonchev–Trinajstić information content (AvgIpc) is 2.75. The minimum absolute atomic E-state index is 0.234. The van der Waals surface area contributed by atoms with Gasteiger partial charge >= 0.3 is 0 Å². The largest absolute Gasteiger partial charge is 0.500 e. The Morgan fingerprint density at radius 3 is 2.53 bits per heavy atom. The van der Waals surface area contributed by atoms with Crippen LogP contribution in [0.2, 0.25) is 0 Å². The molecule has 2 aromatic rings. The minimum atomic E-state index is -0.420. The summed E-state index contributed by atoms with van der Waals surface area (Å²) in [5.74, 6) is -0.0959. The zero-order valence-corrected chi connectivity index (χ0v) is 20.2. The van der Waals surface area contributed by atoms with E-state index < -0.39 is 5.56 Å². The first-order valence-electron chi connectivity index (χ1n) is 11.9. The molecule has 3 N–H and O–H groups in total. The van der Waals surface area contributed by atoms with Gasteiger partial charge in [-0.2, -0.15) is 0 Å². The third kappa shape index (κ3) is 7.47. The number of ether oxygens (including phenoxy) is 1. The Hall–Kier alpha value is -2.69. The number of aryl methyl sites for hydroxylation is 1. The fourth-order valence-electron chi connectivity index (χ4n) is 3.80. The molecular formula is C27H40N2O3. The van der Waals surface area contributed by atoms with Gasteiger partial charge in [0, 0.05) is 17.6 Å². The molecule has 0 bridgehead atoms. The number of benzene rings is 1. The molecule has 0 spiro atoms. The third-order valence-corrected chi connectivity index (χ3v) is 5.71. The molecule has 0 amide bonds. The van der Waals surface area contributed by atoms with E-state index in [1.165, 1.54) is 30.4 Å². The average molecular weight is 441 g/mol. The third-order valence-electron chi connectivity index (χ3n) is 5.71. The van der Waals surface area contributed by atoms with Gasteiger partial charge < -0.3 is 20.1 Å². The van der Waals surface area contributed by atoms with Crippen molar-refractivity contribution in [1.29, 1.82) is 0 Å². The van der Waals surface area contributed by atoms with Crippen LogP contribution in [-0.2, 0) is 6.54 Å². The highest BCUT2D eigenvalue weighted by Gasteiger charge is 2.17. The summed E-state index contributed by atoms with van der Waals surface area (Å²) in [6.45, 7) is 9.31. The van der Waals surface area contributed by atoms with Crippen molar-refractivity contribution < 1.29 is 9.84 Å². The Labute approximate surface area is 192 Å². The summed E-state index contributed by atoms with van der Waals surface area (Å²) in [6.07, 6.45) is 13.0. The van der Waals surface area contributed by atoms with E-state index in [9.17, 15) is 9.90 Å². The molecule has 0 aliphatic heterocycles. The Morgan fingerprint density at radius 2 is 1.81 bits per heavy atom. The van der Waals surface area contributed by atoms with Crippen LogP contribution in [0.5, 0.6) is 11.5 Å². The molecule has 5 nitrogen and oxygen atoms in total. The van der Waals surface area contributed by atoms with Crippen molar-refractivity contribution in [3.8, 4) is 11.5 Å². The maximum atomic E-state index is 13.0. The van der Waals surface area contributed by atoms with E-state index in [0.29, 0.717) is 29.7 Å². The summed E-state index contributed by atoms with van der Waals surface area (Å²) in [6, 6.07) is 5.39. The second kappa shape index (κ2) is 13.0. The Bertz CT molecular complexity index is 998. The molecule has 0 aliphatic carbocycles. The monoisotopic (exact) mass is 440 g/mol. The molecule has 2 rings (SSSR count). The number of nitrogens with zero attached hydrogens (tertiary/aromatic N) is 1. The Balaban J connectivity index is 2.20. The molecule has 1 heterocycles. The SMILES string of the molecule is CCCCCCCCn1c(=O)c(O)c(OC/C=C(\C)CCC=C(C)C)c2ccc(N)cc21. The van der Waals surface area contributed by atoms with Crippen molar-refractivity contribution in [2.75, 3.05) is 12.3 Å². The number of nitrogens with two attached hydrogens (primary N) is 1. The number of rotatable bonds is 13. The lowest BCUT2D eigenvalue weighted by molar-refractivity contribution is 0.334. The maximum Gasteiger partial charge on any atom is 0.297 e. The number of hydrogen-bond donors (Lipinski definition) is 2. The lowest BCUT2D eigenvalue weighted by atomic mass is 10.1. The van der Waals surface area contributed by atoms with Crippen LogP contribution in [0.3, 0.4) is 0 Å². The highest BCUT2D eigenvalue weighted by atomic mass is 16.5. The second-order valence-electron chi connectivity index (χ2n) is 8.86. The van der Waals surface area contributed by atoms with E-state index in [2.05, 4.69) is 33.8 Å². The maximum absolute atomic E-state index is 13.0. The first kappa shape index (κ1) is 25.6. The molecule has 176 valence electrons. The van der Waals surface area contributed by atoms with Crippen LogP contribution in [-0.4, -0.2) is 16.3 Å². The van der Waals surface area contributed by atoms with Gasteiger partial charge in [-0.05, 0) is 64.3 Å². The standard InChI is InChI=1S/C27H40N2O3/c1-5-6-7-8-9-10-17-29-24-19-22(28)14-15-23(24)26(25(30)27(29)31)32-18-16-21(4)13-11-12-20(2)3/h12,14-16,19,30H,5-11,13,17-18,28H2,1-4H3/b21-16+. The summed E-state index contributed by atoms with van der Waals surface area (Å²) in [5, 5.41) is 11.4. The van der Waals surface area contributed by atoms with Crippen molar-refractivity contribution in [3.63, 3.8) is 0 Å². The lowest BCUT2D eigenvalue weighted by Crippen LogP contribution is -2.21. The van der Waals surface area contributed by atoms with Crippen LogP contribution in [0.15, 0.2) is 46.3 Å². The Morgan fingerprint density at radius 1 is 1.09 bits per heavy atom. The van der Waals surface area contributed by atoms with Crippen molar-refractivity contribution in [2.45, 2.75) is 85.6 Å². The van der Waals surface area contributed by atoms with Crippen LogP contribution >= 0.6 is 0 Å². The highest BCUT2D eigenvalue weighted by molar-refractivity contribution is 5.90. The molecule has 0 aliphatic rings. The van der Waals surface area contributed by atoms with Gasteiger partial charge in [-0.15, -0.1) is 0 Å². The second-order valence-corrected chi connectivity index (χ2v) is 8.86. The van der Waals surface area contributed by atoms with E-state index in [1.54, 1.807) is 16.7 Å². The number of pyridine rings is 1. The molecule has 0 radical (unpaired) electrons. The van der Waals surface area contributed by atoms with Gasteiger partial charge in [0.2, 0.25) is 5.75 Å². The van der Waals surface area contributed by atoms with Crippen LogP contribution in [0.1, 0.15) is 79.1 Å². The Kier molecular flexibility index (Phi) is 10.4. The van der Waals surface area contributed by atoms with Crippen molar-refractivity contribution >= 4 is 16.6 Å². The molecule has 32 heavy (non-hydrogen) atoms. The van der Waals surface area contributed by atoms with Gasteiger partial charge in [-0.25, -0.2) is 0 Å². The van der Waals surface area contributed by atoms with Gasteiger partial charge in [-0.1, -0.05) is 56.3 Å². The van der Waals surface area contributed by atoms with E-state index in [0.717, 1.165) is 32.1 Å². The van der Waals surface area contributed by atoms with E-state index in [-0.39, 0.29) is 11.5 Å². The fourth-order valence-corrected chi connectivity index (χ4v) is 3.80.